The lowest BCUT2D eigenvalue weighted by molar-refractivity contribution is -0.140. The molecule has 22 nitrogen and oxygen atoms in total. The van der Waals surface area contributed by atoms with Crippen molar-refractivity contribution in [2.24, 2.45) is 11.5 Å². The molecule has 23 heteroatoms. The smallest absolute Gasteiger partial charge is 0.326 e. The first kappa shape index (κ1) is 53.0. The van der Waals surface area contributed by atoms with Gasteiger partial charge in [-0.05, 0) is 82.8 Å². The number of aliphatic carboxylic acids is 2. The number of rotatable bonds is 30. The zero-order chi connectivity index (χ0) is 45.7. The Morgan fingerprint density at radius 3 is 1.74 bits per heavy atom. The van der Waals surface area contributed by atoms with Crippen LogP contribution in [0, 0.1) is 10.8 Å². The fourth-order valence-electron chi connectivity index (χ4n) is 5.67. The summed E-state index contributed by atoms with van der Waals surface area (Å²) in [7, 11) is 0. The number of carbonyl (C=O) groups excluding carboxylic acids is 5. The number of nitrogens with one attached hydrogen (secondary N) is 11. The fraction of sp³-hybridized carbons (Fsp3) is 0.605. The second-order valence-corrected chi connectivity index (χ2v) is 14.9. The molecule has 0 bridgehead atoms. The number of nitrogens with two attached hydrogens (primary N) is 2. The predicted octanol–water partition coefficient (Wildman–Crippen LogP) is -0.475. The highest BCUT2D eigenvalue weighted by Crippen LogP contribution is 2.09. The minimum atomic E-state index is -1.33. The van der Waals surface area contributed by atoms with E-state index in [9.17, 15) is 38.7 Å². The Hall–Kier alpha value is -6.00. The van der Waals surface area contributed by atoms with Gasteiger partial charge in [0.2, 0.25) is 17.7 Å². The SMILES string of the molecule is C[C@H](CCCCNC(=O)NCc1ccc(CC(=O)N[C@@H](CCCCNC(=N)N)C(=O)N[C@@H](CCCNC(=N)N)C(=O)N[C@H](C)CS)cc1)NC(=O)N[C@@H](CCC(=O)O)C(=O)O. The maximum Gasteiger partial charge on any atom is 0.326 e. The first-order valence-corrected chi connectivity index (χ1v) is 20.8. The molecule has 5 atom stereocenters. The van der Waals surface area contributed by atoms with E-state index < -0.39 is 60.2 Å². The number of urea groups is 2. The number of unbranched alkanes of at least 4 members (excludes halogenated alkanes) is 2. The Labute approximate surface area is 361 Å². The van der Waals surface area contributed by atoms with Crippen molar-refractivity contribution in [1.82, 2.24) is 47.9 Å². The van der Waals surface area contributed by atoms with Gasteiger partial charge in [0.05, 0.1) is 6.42 Å². The summed E-state index contributed by atoms with van der Waals surface area (Å²) in [5.41, 5.74) is 12.2. The highest BCUT2D eigenvalue weighted by Gasteiger charge is 2.27. The van der Waals surface area contributed by atoms with Crippen molar-refractivity contribution in [3.63, 3.8) is 0 Å². The van der Waals surface area contributed by atoms with Crippen LogP contribution in [0.1, 0.15) is 89.2 Å². The van der Waals surface area contributed by atoms with Gasteiger partial charge in [0, 0.05) is 50.4 Å². The van der Waals surface area contributed by atoms with Gasteiger partial charge in [-0.1, -0.05) is 24.3 Å². The van der Waals surface area contributed by atoms with E-state index in [0.717, 1.165) is 5.56 Å². The maximum atomic E-state index is 13.6. The van der Waals surface area contributed by atoms with Crippen molar-refractivity contribution < 1.29 is 43.8 Å². The maximum absolute atomic E-state index is 13.6. The van der Waals surface area contributed by atoms with Crippen molar-refractivity contribution in [2.75, 3.05) is 25.4 Å². The van der Waals surface area contributed by atoms with Crippen LogP contribution in [0.25, 0.3) is 0 Å². The monoisotopic (exact) mass is 879 g/mol. The first-order chi connectivity index (χ1) is 28.9. The molecule has 1 rings (SSSR count). The standard InChI is InChI=1S/C38H65N13O9S/c1-23(48-38(60)51-29(34(57)58)15-16-31(53)54)8-3-5-18-45-37(59)46-21-26-13-11-25(12-14-26)20-30(52)49-27(9-4-6-17-43-35(39)40)33(56)50-28(10-7-19-44-36(41)42)32(55)47-24(2)22-61/h11-14,23-24,27-29,61H,3-10,15-22H2,1-2H3,(H,47,55)(H,49,52)(H,50,56)(H,53,54)(H,57,58)(H4,39,40,43)(H4,41,42,44)(H2,45,46,59)(H2,48,51,60)/t23-,24-,27+,28+,29+/m1/s1. The number of carbonyl (C=O) groups is 7. The molecule has 61 heavy (non-hydrogen) atoms. The van der Waals surface area contributed by atoms with Crippen LogP contribution >= 0.6 is 12.6 Å². The third-order valence-electron chi connectivity index (χ3n) is 8.99. The van der Waals surface area contributed by atoms with Gasteiger partial charge in [-0.3, -0.25) is 30.0 Å². The Bertz CT molecular complexity index is 1600. The summed E-state index contributed by atoms with van der Waals surface area (Å²) in [5, 5.41) is 56.8. The number of carboxylic acids is 2. The molecular weight excluding hydrogens is 815 g/mol. The minimum absolute atomic E-state index is 0.0432. The van der Waals surface area contributed by atoms with E-state index in [1.165, 1.54) is 0 Å². The summed E-state index contributed by atoms with van der Waals surface area (Å²) in [6, 6.07) is 2.13. The molecule has 0 heterocycles. The Morgan fingerprint density at radius 1 is 0.607 bits per heavy atom. The van der Waals surface area contributed by atoms with E-state index in [1.807, 2.05) is 0 Å². The number of carboxylic acid groups (broad SMARTS) is 2. The van der Waals surface area contributed by atoms with Gasteiger partial charge in [0.25, 0.3) is 0 Å². The number of hydrogen-bond acceptors (Lipinski definition) is 10. The zero-order valence-corrected chi connectivity index (χ0v) is 35.8. The summed E-state index contributed by atoms with van der Waals surface area (Å²) < 4.78 is 0. The highest BCUT2D eigenvalue weighted by molar-refractivity contribution is 7.80. The lowest BCUT2D eigenvalue weighted by Crippen LogP contribution is -2.55. The average molecular weight is 880 g/mol. The number of hydrogen-bond donors (Lipinski definition) is 16. The third kappa shape index (κ3) is 26.0. The quantitative estimate of drug-likeness (QED) is 0.0201. The molecule has 0 saturated heterocycles. The molecule has 0 unspecified atom stereocenters. The van der Waals surface area contributed by atoms with Crippen LogP contribution in [-0.2, 0) is 36.9 Å². The predicted molar refractivity (Wildman–Crippen MR) is 232 cm³/mol. The molecular formula is C38H65N13O9S. The minimum Gasteiger partial charge on any atom is -0.481 e. The van der Waals surface area contributed by atoms with Crippen molar-refractivity contribution in [1.29, 1.82) is 10.8 Å². The van der Waals surface area contributed by atoms with Crippen LogP contribution < -0.4 is 59.3 Å². The van der Waals surface area contributed by atoms with E-state index in [0.29, 0.717) is 69.5 Å². The van der Waals surface area contributed by atoms with Gasteiger partial charge in [-0.15, -0.1) is 0 Å². The molecule has 342 valence electrons. The van der Waals surface area contributed by atoms with Crippen molar-refractivity contribution in [3.8, 4) is 0 Å². The molecule has 0 aromatic heterocycles. The fourth-order valence-corrected chi connectivity index (χ4v) is 5.77. The first-order valence-electron chi connectivity index (χ1n) is 20.2. The third-order valence-corrected chi connectivity index (χ3v) is 9.53. The number of benzene rings is 1. The van der Waals surface area contributed by atoms with E-state index in [2.05, 4.69) is 60.5 Å². The molecule has 17 N–H and O–H groups in total. The van der Waals surface area contributed by atoms with E-state index in [-0.39, 0.29) is 62.3 Å². The molecule has 0 saturated carbocycles. The Kier molecular flexibility index (Phi) is 26.2. The number of guanidine groups is 2. The second-order valence-electron chi connectivity index (χ2n) is 14.5. The van der Waals surface area contributed by atoms with Gasteiger partial charge >= 0.3 is 24.0 Å². The molecule has 1 aromatic rings. The number of thiol groups is 1. The van der Waals surface area contributed by atoms with Crippen molar-refractivity contribution in [2.45, 2.75) is 121 Å². The van der Waals surface area contributed by atoms with E-state index >= 15 is 0 Å². The molecule has 0 radical (unpaired) electrons. The highest BCUT2D eigenvalue weighted by atomic mass is 32.1. The molecule has 0 aliphatic carbocycles. The largest absolute Gasteiger partial charge is 0.481 e. The zero-order valence-electron chi connectivity index (χ0n) is 34.9. The van der Waals surface area contributed by atoms with Crippen LogP contribution in [0.3, 0.4) is 0 Å². The topological polar surface area (TPSA) is 368 Å². The van der Waals surface area contributed by atoms with Gasteiger partial charge in [-0.25, -0.2) is 14.4 Å². The number of amides is 7. The van der Waals surface area contributed by atoms with Gasteiger partial charge in [-0.2, -0.15) is 12.6 Å². The Morgan fingerprint density at radius 2 is 1.15 bits per heavy atom. The van der Waals surface area contributed by atoms with E-state index in [4.69, 9.17) is 27.4 Å². The Balaban J connectivity index is 2.66. The molecule has 0 fully saturated rings. The summed E-state index contributed by atoms with van der Waals surface area (Å²) in [6.07, 6.45) is 3.10. The normalized spacial score (nSPS) is 13.1. The van der Waals surface area contributed by atoms with Crippen LogP contribution in [0.5, 0.6) is 0 Å². The van der Waals surface area contributed by atoms with Crippen LogP contribution in [-0.4, -0.2) is 119 Å². The van der Waals surface area contributed by atoms with E-state index in [1.54, 1.807) is 38.1 Å². The summed E-state index contributed by atoms with van der Waals surface area (Å²) in [4.78, 5) is 86.4. The van der Waals surface area contributed by atoms with Crippen LogP contribution in [0.15, 0.2) is 24.3 Å². The van der Waals surface area contributed by atoms with Crippen molar-refractivity contribution >= 4 is 66.3 Å². The second kappa shape index (κ2) is 30.1. The van der Waals surface area contributed by atoms with Crippen LogP contribution in [0.4, 0.5) is 9.59 Å². The lowest BCUT2D eigenvalue weighted by Gasteiger charge is -2.24. The summed E-state index contributed by atoms with van der Waals surface area (Å²) >= 11 is 4.21. The molecule has 0 spiro atoms. The lowest BCUT2D eigenvalue weighted by atomic mass is 10.0. The van der Waals surface area contributed by atoms with Gasteiger partial charge in [0.15, 0.2) is 11.9 Å². The average Bonchev–Trinajstić information content (AvgIpc) is 3.18. The summed E-state index contributed by atoms with van der Waals surface area (Å²) in [5.74, 6) is -3.87. The molecule has 7 amide bonds. The van der Waals surface area contributed by atoms with Gasteiger partial charge in [0.1, 0.15) is 18.1 Å². The molecule has 0 aliphatic heterocycles. The molecule has 0 aliphatic rings. The van der Waals surface area contributed by atoms with Crippen molar-refractivity contribution in [3.05, 3.63) is 35.4 Å². The molecule has 1 aromatic carbocycles. The van der Waals surface area contributed by atoms with Gasteiger partial charge < -0.3 is 69.5 Å². The summed E-state index contributed by atoms with van der Waals surface area (Å²) in [6.45, 7) is 4.82. The van der Waals surface area contributed by atoms with Crippen LogP contribution in [0.2, 0.25) is 0 Å².